The van der Waals surface area contributed by atoms with Gasteiger partial charge in [0.1, 0.15) is 0 Å². The van der Waals surface area contributed by atoms with E-state index in [1.807, 2.05) is 0 Å². The minimum Gasteiger partial charge on any atom is -0.469 e. The summed E-state index contributed by atoms with van der Waals surface area (Å²) in [4.78, 5) is 10.9. The number of hydrogen-bond donors (Lipinski definition) is 1. The molecule has 1 atom stereocenters. The number of hydrogen-bond acceptors (Lipinski definition) is 3. The van der Waals surface area contributed by atoms with Crippen molar-refractivity contribution in [1.82, 2.24) is 5.32 Å². The van der Waals surface area contributed by atoms with Crippen molar-refractivity contribution in [1.29, 1.82) is 0 Å². The molecule has 0 aromatic carbocycles. The van der Waals surface area contributed by atoms with Gasteiger partial charge in [0, 0.05) is 6.54 Å². The van der Waals surface area contributed by atoms with Crippen LogP contribution in [0.2, 0.25) is 0 Å². The number of rotatable bonds is 2. The summed E-state index contributed by atoms with van der Waals surface area (Å²) in [5.74, 6) is -0.101. The Kier molecular flexibility index (Phi) is 2.49. The van der Waals surface area contributed by atoms with E-state index in [1.165, 1.54) is 7.11 Å². The Labute approximate surface area is 67.1 Å². The highest BCUT2D eigenvalue weighted by atomic mass is 16.5. The molecule has 3 heteroatoms. The maximum Gasteiger partial charge on any atom is 0.306 e. The van der Waals surface area contributed by atoms with Crippen LogP contribution in [0.4, 0.5) is 0 Å². The molecule has 0 saturated carbocycles. The van der Waals surface area contributed by atoms with Gasteiger partial charge in [-0.3, -0.25) is 4.79 Å². The first-order valence-electron chi connectivity index (χ1n) is 3.94. The van der Waals surface area contributed by atoms with E-state index in [4.69, 9.17) is 0 Å². The molecule has 3 nitrogen and oxygen atoms in total. The normalized spacial score (nSPS) is 30.4. The van der Waals surface area contributed by atoms with Crippen molar-refractivity contribution in [3.8, 4) is 0 Å². The molecule has 1 fully saturated rings. The molecular formula is C8H15NO2. The van der Waals surface area contributed by atoms with Gasteiger partial charge in [-0.2, -0.15) is 0 Å². The molecule has 1 N–H and O–H groups in total. The molecule has 0 aromatic heterocycles. The average molecular weight is 157 g/mol. The second kappa shape index (κ2) is 3.22. The predicted molar refractivity (Wildman–Crippen MR) is 42.2 cm³/mol. The van der Waals surface area contributed by atoms with Gasteiger partial charge in [0.25, 0.3) is 0 Å². The molecule has 1 rings (SSSR count). The van der Waals surface area contributed by atoms with E-state index in [1.54, 1.807) is 0 Å². The standard InChI is InChI=1S/C8H15NO2/c1-8(3-4-9-6-8)5-7(10)11-2/h9H,3-6H2,1-2H3. The van der Waals surface area contributed by atoms with Gasteiger partial charge < -0.3 is 10.1 Å². The van der Waals surface area contributed by atoms with Crippen molar-refractivity contribution in [3.63, 3.8) is 0 Å². The van der Waals surface area contributed by atoms with Crippen LogP contribution in [0.1, 0.15) is 19.8 Å². The van der Waals surface area contributed by atoms with E-state index < -0.39 is 0 Å². The van der Waals surface area contributed by atoms with Gasteiger partial charge >= 0.3 is 5.97 Å². The third kappa shape index (κ3) is 2.19. The van der Waals surface area contributed by atoms with E-state index in [2.05, 4.69) is 17.0 Å². The monoisotopic (exact) mass is 157 g/mol. The van der Waals surface area contributed by atoms with Crippen LogP contribution >= 0.6 is 0 Å². The zero-order valence-electron chi connectivity index (χ0n) is 7.14. The molecule has 0 radical (unpaired) electrons. The third-order valence-corrected chi connectivity index (χ3v) is 2.26. The van der Waals surface area contributed by atoms with Crippen LogP contribution < -0.4 is 5.32 Å². The summed E-state index contributed by atoms with van der Waals surface area (Å²) in [6.07, 6.45) is 1.61. The first-order valence-corrected chi connectivity index (χ1v) is 3.94. The second-order valence-electron chi connectivity index (χ2n) is 3.49. The molecule has 1 aliphatic rings. The lowest BCUT2D eigenvalue weighted by Gasteiger charge is -2.20. The van der Waals surface area contributed by atoms with Crippen molar-refractivity contribution < 1.29 is 9.53 Å². The molecule has 1 aliphatic heterocycles. The van der Waals surface area contributed by atoms with Crippen LogP contribution in [-0.4, -0.2) is 26.2 Å². The zero-order valence-corrected chi connectivity index (χ0v) is 7.14. The minimum absolute atomic E-state index is 0.101. The minimum atomic E-state index is -0.101. The lowest BCUT2D eigenvalue weighted by molar-refractivity contribution is -0.142. The summed E-state index contributed by atoms with van der Waals surface area (Å²) >= 11 is 0. The Morgan fingerprint density at radius 1 is 1.73 bits per heavy atom. The number of methoxy groups -OCH3 is 1. The summed E-state index contributed by atoms with van der Waals surface area (Å²) in [7, 11) is 1.44. The number of esters is 1. The fraction of sp³-hybridized carbons (Fsp3) is 0.875. The van der Waals surface area contributed by atoms with E-state index in [9.17, 15) is 4.79 Å². The van der Waals surface area contributed by atoms with Crippen molar-refractivity contribution in [2.24, 2.45) is 5.41 Å². The SMILES string of the molecule is COC(=O)CC1(C)CCNC1. The molecule has 1 saturated heterocycles. The highest BCUT2D eigenvalue weighted by Crippen LogP contribution is 2.28. The first-order chi connectivity index (χ1) is 5.16. The smallest absolute Gasteiger partial charge is 0.306 e. The first kappa shape index (κ1) is 8.53. The van der Waals surface area contributed by atoms with Gasteiger partial charge in [0.05, 0.1) is 13.5 Å². The van der Waals surface area contributed by atoms with Crippen molar-refractivity contribution in [3.05, 3.63) is 0 Å². The maximum atomic E-state index is 10.9. The van der Waals surface area contributed by atoms with Gasteiger partial charge in [0.15, 0.2) is 0 Å². The molecule has 1 unspecified atom stereocenters. The summed E-state index contributed by atoms with van der Waals surface area (Å²) in [5.41, 5.74) is 0.132. The molecule has 0 bridgehead atoms. The Morgan fingerprint density at radius 3 is 2.91 bits per heavy atom. The molecule has 1 heterocycles. The molecule has 64 valence electrons. The van der Waals surface area contributed by atoms with Crippen LogP contribution in [-0.2, 0) is 9.53 Å². The van der Waals surface area contributed by atoms with Crippen molar-refractivity contribution in [2.75, 3.05) is 20.2 Å². The van der Waals surface area contributed by atoms with Crippen LogP contribution in [0.3, 0.4) is 0 Å². The second-order valence-corrected chi connectivity index (χ2v) is 3.49. The summed E-state index contributed by atoms with van der Waals surface area (Å²) in [5, 5.41) is 3.23. The van der Waals surface area contributed by atoms with Crippen LogP contribution in [0.15, 0.2) is 0 Å². The van der Waals surface area contributed by atoms with Crippen molar-refractivity contribution >= 4 is 5.97 Å². The van der Waals surface area contributed by atoms with E-state index >= 15 is 0 Å². The Morgan fingerprint density at radius 2 is 2.45 bits per heavy atom. The fourth-order valence-electron chi connectivity index (χ4n) is 1.44. The van der Waals surface area contributed by atoms with Gasteiger partial charge in [-0.1, -0.05) is 6.92 Å². The van der Waals surface area contributed by atoms with Crippen LogP contribution in [0.5, 0.6) is 0 Å². The summed E-state index contributed by atoms with van der Waals surface area (Å²) in [6, 6.07) is 0. The molecule has 0 aromatic rings. The van der Waals surface area contributed by atoms with E-state index in [-0.39, 0.29) is 11.4 Å². The zero-order chi connectivity index (χ0) is 8.32. The Bertz CT molecular complexity index is 150. The van der Waals surface area contributed by atoms with Crippen LogP contribution in [0.25, 0.3) is 0 Å². The molecular weight excluding hydrogens is 142 g/mol. The highest BCUT2D eigenvalue weighted by Gasteiger charge is 2.31. The topological polar surface area (TPSA) is 38.3 Å². The molecule has 0 spiro atoms. The number of carbonyl (C=O) groups excluding carboxylic acids is 1. The maximum absolute atomic E-state index is 10.9. The van der Waals surface area contributed by atoms with Gasteiger partial charge in [-0.25, -0.2) is 0 Å². The molecule has 11 heavy (non-hydrogen) atoms. The van der Waals surface area contributed by atoms with Crippen LogP contribution in [0, 0.1) is 5.41 Å². The number of carbonyl (C=O) groups is 1. The fourth-order valence-corrected chi connectivity index (χ4v) is 1.44. The Hall–Kier alpha value is -0.570. The van der Waals surface area contributed by atoms with E-state index in [0.29, 0.717) is 6.42 Å². The summed E-state index contributed by atoms with van der Waals surface area (Å²) in [6.45, 7) is 4.07. The quantitative estimate of drug-likeness (QED) is 0.595. The summed E-state index contributed by atoms with van der Waals surface area (Å²) < 4.78 is 4.61. The van der Waals surface area contributed by atoms with E-state index in [0.717, 1.165) is 19.5 Å². The number of nitrogens with one attached hydrogen (secondary N) is 1. The van der Waals surface area contributed by atoms with Crippen molar-refractivity contribution in [2.45, 2.75) is 19.8 Å². The number of ether oxygens (including phenoxy) is 1. The lowest BCUT2D eigenvalue weighted by atomic mass is 9.86. The molecule has 0 amide bonds. The third-order valence-electron chi connectivity index (χ3n) is 2.26. The Balaban J connectivity index is 2.39. The van der Waals surface area contributed by atoms with Gasteiger partial charge in [0.2, 0.25) is 0 Å². The highest BCUT2D eigenvalue weighted by molar-refractivity contribution is 5.70. The van der Waals surface area contributed by atoms with Gasteiger partial charge in [-0.15, -0.1) is 0 Å². The van der Waals surface area contributed by atoms with Gasteiger partial charge in [-0.05, 0) is 18.4 Å². The largest absolute Gasteiger partial charge is 0.469 e. The average Bonchev–Trinajstić information content (AvgIpc) is 2.36. The predicted octanol–water partition coefficient (Wildman–Crippen LogP) is 0.549. The lowest BCUT2D eigenvalue weighted by Crippen LogP contribution is -2.24. The molecule has 0 aliphatic carbocycles.